The van der Waals surface area contributed by atoms with Crippen LogP contribution < -0.4 is 0 Å². The first kappa shape index (κ1) is 25.5. The molecule has 2 heteroatoms. The Bertz CT molecular complexity index is 440. The van der Waals surface area contributed by atoms with Crippen molar-refractivity contribution in [1.82, 2.24) is 0 Å². The van der Waals surface area contributed by atoms with Gasteiger partial charge in [0.25, 0.3) is 0 Å². The first-order valence-electron chi connectivity index (χ1n) is 10.6. The average molecular weight is 367 g/mol. The molecule has 4 atom stereocenters. The molecule has 0 fully saturated rings. The van der Waals surface area contributed by atoms with Gasteiger partial charge in [-0.2, -0.15) is 0 Å². The SMILES string of the molecule is C#CC(C)(CC)CC(C)(CC)OCC(C)(CC)CCC(C)(CC)COC. The second-order valence-electron chi connectivity index (χ2n) is 9.59. The topological polar surface area (TPSA) is 18.5 Å². The Morgan fingerprint density at radius 1 is 0.769 bits per heavy atom. The monoisotopic (exact) mass is 366 g/mol. The highest BCUT2D eigenvalue weighted by atomic mass is 16.5. The van der Waals surface area contributed by atoms with E-state index in [0.29, 0.717) is 0 Å². The molecule has 0 saturated heterocycles. The van der Waals surface area contributed by atoms with Crippen molar-refractivity contribution >= 4 is 0 Å². The van der Waals surface area contributed by atoms with Gasteiger partial charge >= 0.3 is 0 Å². The minimum absolute atomic E-state index is 0.0907. The van der Waals surface area contributed by atoms with Crippen LogP contribution in [0.15, 0.2) is 0 Å². The number of methoxy groups -OCH3 is 1. The van der Waals surface area contributed by atoms with Gasteiger partial charge in [0.2, 0.25) is 0 Å². The summed E-state index contributed by atoms with van der Waals surface area (Å²) >= 11 is 0. The van der Waals surface area contributed by atoms with Crippen LogP contribution in [0.1, 0.15) is 100 Å². The molecule has 4 unspecified atom stereocenters. The lowest BCUT2D eigenvalue weighted by Gasteiger charge is -2.40. The lowest BCUT2D eigenvalue weighted by Crippen LogP contribution is -2.38. The summed E-state index contributed by atoms with van der Waals surface area (Å²) in [7, 11) is 1.80. The number of hydrogen-bond acceptors (Lipinski definition) is 2. The molecular weight excluding hydrogens is 320 g/mol. The molecule has 2 nitrogen and oxygen atoms in total. The lowest BCUT2D eigenvalue weighted by molar-refractivity contribution is -0.0943. The summed E-state index contributed by atoms with van der Waals surface area (Å²) in [4.78, 5) is 0. The summed E-state index contributed by atoms with van der Waals surface area (Å²) in [5, 5.41) is 0. The van der Waals surface area contributed by atoms with Gasteiger partial charge in [-0.3, -0.25) is 0 Å². The van der Waals surface area contributed by atoms with E-state index in [9.17, 15) is 0 Å². The summed E-state index contributed by atoms with van der Waals surface area (Å²) in [5.74, 6) is 3.00. The standard InChI is InChI=1S/C24H46O2/c1-11-21(6,12-2)18-24(9,15-5)26-20-23(8,14-4)17-16-22(7,13-3)19-25-10/h1H,12-20H2,2-10H3. The summed E-state index contributed by atoms with van der Waals surface area (Å²) in [6.45, 7) is 19.7. The van der Waals surface area contributed by atoms with E-state index in [1.807, 2.05) is 0 Å². The Kier molecular flexibility index (Phi) is 10.5. The van der Waals surface area contributed by atoms with Gasteiger partial charge in [-0.25, -0.2) is 0 Å². The van der Waals surface area contributed by atoms with E-state index in [4.69, 9.17) is 15.9 Å². The van der Waals surface area contributed by atoms with Crippen molar-refractivity contribution in [2.45, 2.75) is 106 Å². The van der Waals surface area contributed by atoms with Gasteiger partial charge in [-0.1, -0.05) is 41.5 Å². The minimum Gasteiger partial charge on any atom is -0.384 e. The quantitative estimate of drug-likeness (QED) is 0.312. The number of terminal acetylenes is 1. The van der Waals surface area contributed by atoms with Gasteiger partial charge in [0.1, 0.15) is 0 Å². The second-order valence-corrected chi connectivity index (χ2v) is 9.59. The summed E-state index contributed by atoms with van der Waals surface area (Å²) in [5.41, 5.74) is 0.198. The third-order valence-electron chi connectivity index (χ3n) is 6.94. The van der Waals surface area contributed by atoms with Crippen molar-refractivity contribution in [3.8, 4) is 12.3 Å². The van der Waals surface area contributed by atoms with Gasteiger partial charge in [0.05, 0.1) is 18.8 Å². The average Bonchev–Trinajstić information content (AvgIpc) is 2.65. The molecule has 26 heavy (non-hydrogen) atoms. The molecule has 0 spiro atoms. The van der Waals surface area contributed by atoms with Crippen molar-refractivity contribution in [3.05, 3.63) is 0 Å². The fourth-order valence-electron chi connectivity index (χ4n) is 3.38. The largest absolute Gasteiger partial charge is 0.384 e. The normalized spacial score (nSPS) is 21.1. The Labute approximate surface area is 164 Å². The van der Waals surface area contributed by atoms with E-state index in [-0.39, 0.29) is 21.8 Å². The van der Waals surface area contributed by atoms with Crippen molar-refractivity contribution in [2.24, 2.45) is 16.2 Å². The maximum Gasteiger partial charge on any atom is 0.0666 e. The van der Waals surface area contributed by atoms with E-state index in [1.165, 1.54) is 6.42 Å². The van der Waals surface area contributed by atoms with Gasteiger partial charge in [-0.05, 0) is 69.6 Å². The van der Waals surface area contributed by atoms with Crippen molar-refractivity contribution in [2.75, 3.05) is 20.3 Å². The van der Waals surface area contributed by atoms with Crippen molar-refractivity contribution in [1.29, 1.82) is 0 Å². The summed E-state index contributed by atoms with van der Waals surface area (Å²) in [6.07, 6.45) is 13.3. The Hall–Kier alpha value is -0.520. The number of ether oxygens (including phenoxy) is 2. The zero-order chi connectivity index (χ0) is 20.5. The molecule has 0 N–H and O–H groups in total. The molecule has 0 rings (SSSR count). The zero-order valence-electron chi connectivity index (χ0n) is 19.3. The minimum atomic E-state index is -0.159. The van der Waals surface area contributed by atoms with Crippen LogP contribution in [-0.2, 0) is 9.47 Å². The Morgan fingerprint density at radius 2 is 1.27 bits per heavy atom. The molecule has 0 aromatic carbocycles. The maximum absolute atomic E-state index is 6.57. The highest BCUT2D eigenvalue weighted by molar-refractivity contribution is 5.05. The molecule has 0 heterocycles. The van der Waals surface area contributed by atoms with Crippen LogP contribution in [0.3, 0.4) is 0 Å². The van der Waals surface area contributed by atoms with Crippen LogP contribution in [0, 0.1) is 28.6 Å². The molecule has 0 aromatic heterocycles. The van der Waals surface area contributed by atoms with Crippen LogP contribution >= 0.6 is 0 Å². The molecule has 0 aliphatic heterocycles. The summed E-state index contributed by atoms with van der Waals surface area (Å²) < 4.78 is 12.0. The number of hydrogen-bond donors (Lipinski definition) is 0. The molecule has 154 valence electrons. The van der Waals surface area contributed by atoms with Gasteiger partial charge in [0, 0.05) is 12.5 Å². The smallest absolute Gasteiger partial charge is 0.0666 e. The van der Waals surface area contributed by atoms with Crippen LogP contribution in [0.5, 0.6) is 0 Å². The molecule has 0 bridgehead atoms. The third-order valence-corrected chi connectivity index (χ3v) is 6.94. The van der Waals surface area contributed by atoms with E-state index in [1.54, 1.807) is 7.11 Å². The zero-order valence-corrected chi connectivity index (χ0v) is 19.3. The maximum atomic E-state index is 6.57. The molecule has 0 aliphatic rings. The molecule has 0 amide bonds. The molecule has 0 aliphatic carbocycles. The molecule has 0 radical (unpaired) electrons. The van der Waals surface area contributed by atoms with E-state index >= 15 is 0 Å². The second kappa shape index (κ2) is 10.7. The first-order chi connectivity index (χ1) is 12.0. The van der Waals surface area contributed by atoms with E-state index in [2.05, 4.69) is 61.3 Å². The van der Waals surface area contributed by atoms with Gasteiger partial charge in [-0.15, -0.1) is 12.3 Å². The highest BCUT2D eigenvalue weighted by Gasteiger charge is 2.36. The highest BCUT2D eigenvalue weighted by Crippen LogP contribution is 2.39. The van der Waals surface area contributed by atoms with Crippen LogP contribution in [0.2, 0.25) is 0 Å². The van der Waals surface area contributed by atoms with Gasteiger partial charge < -0.3 is 9.47 Å². The molecular formula is C24H46O2. The van der Waals surface area contributed by atoms with Crippen LogP contribution in [0.4, 0.5) is 0 Å². The molecule has 0 aromatic rings. The fourth-order valence-corrected chi connectivity index (χ4v) is 3.38. The first-order valence-corrected chi connectivity index (χ1v) is 10.6. The van der Waals surface area contributed by atoms with Crippen LogP contribution in [-0.4, -0.2) is 25.9 Å². The predicted molar refractivity (Wildman–Crippen MR) is 114 cm³/mol. The summed E-state index contributed by atoms with van der Waals surface area (Å²) in [6, 6.07) is 0. The number of rotatable bonds is 14. The lowest BCUT2D eigenvalue weighted by atomic mass is 9.74. The van der Waals surface area contributed by atoms with Gasteiger partial charge in [0.15, 0.2) is 0 Å². The van der Waals surface area contributed by atoms with Crippen LogP contribution in [0.25, 0.3) is 0 Å². The third kappa shape index (κ3) is 8.01. The molecule has 0 saturated carbocycles. The fraction of sp³-hybridized carbons (Fsp3) is 0.917. The Morgan fingerprint density at radius 3 is 1.62 bits per heavy atom. The van der Waals surface area contributed by atoms with E-state index < -0.39 is 0 Å². The van der Waals surface area contributed by atoms with Crippen molar-refractivity contribution in [3.63, 3.8) is 0 Å². The van der Waals surface area contributed by atoms with E-state index in [0.717, 1.165) is 51.7 Å². The van der Waals surface area contributed by atoms with Crippen molar-refractivity contribution < 1.29 is 9.47 Å². The predicted octanol–water partition coefficient (Wildman–Crippen LogP) is 6.87. The Balaban J connectivity index is 4.99.